The minimum atomic E-state index is 0. The Kier molecular flexibility index (Phi) is 21.4. The molecule has 6 nitrogen and oxygen atoms in total. The number of unbranched alkanes of at least 4 members (excludes halogenated alkanes) is 1. The van der Waals surface area contributed by atoms with Gasteiger partial charge in [0.05, 0.1) is 0 Å². The summed E-state index contributed by atoms with van der Waals surface area (Å²) in [5, 5.41) is 11.6. The second-order valence-corrected chi connectivity index (χ2v) is 13.7. The molecule has 0 bridgehead atoms. The maximum Gasteiger partial charge on any atom is 0.0323 e. The van der Waals surface area contributed by atoms with Crippen LogP contribution in [-0.4, -0.2) is 36.1 Å². The lowest BCUT2D eigenvalue weighted by molar-refractivity contribution is 0.322. The monoisotopic (exact) mass is 725 g/mol. The molecule has 0 spiro atoms. The van der Waals surface area contributed by atoms with Gasteiger partial charge >= 0.3 is 0 Å². The van der Waals surface area contributed by atoms with E-state index in [4.69, 9.17) is 0 Å². The average molecular weight is 727 g/mol. The smallest absolute Gasteiger partial charge is 0.0323 e. The molecule has 6 rings (SSSR count). The highest BCUT2D eigenvalue weighted by Crippen LogP contribution is 2.35. The summed E-state index contributed by atoms with van der Waals surface area (Å²) < 4.78 is 0. The molecule has 0 amide bonds. The van der Waals surface area contributed by atoms with Crippen LogP contribution in [0, 0.1) is 26.7 Å². The Morgan fingerprint density at radius 1 is 0.500 bits per heavy atom. The highest BCUT2D eigenvalue weighted by molar-refractivity contribution is 5.86. The van der Waals surface area contributed by atoms with Crippen LogP contribution < -0.4 is 16.0 Å². The van der Waals surface area contributed by atoms with E-state index in [1.54, 1.807) is 33.4 Å². The van der Waals surface area contributed by atoms with Crippen molar-refractivity contribution in [3.8, 4) is 0 Å². The third-order valence-electron chi connectivity index (χ3n) is 10.5. The molecule has 0 saturated carbocycles. The van der Waals surface area contributed by atoms with Crippen molar-refractivity contribution in [2.75, 3.05) is 19.6 Å². The third-order valence-corrected chi connectivity index (χ3v) is 10.5. The van der Waals surface area contributed by atoms with Crippen molar-refractivity contribution in [2.24, 2.45) is 5.92 Å². The minimum Gasteiger partial charge on any atom is -0.412 e. The van der Waals surface area contributed by atoms with Crippen LogP contribution in [0.2, 0.25) is 0 Å². The van der Waals surface area contributed by atoms with Crippen LogP contribution in [0.15, 0.2) is 54.6 Å². The fraction of sp³-hybridized carbons (Fsp3) is 0.538. The van der Waals surface area contributed by atoms with E-state index in [0.29, 0.717) is 18.1 Å². The highest BCUT2D eigenvalue weighted by Gasteiger charge is 2.24. The number of fused-ring (bicyclic) bond motifs is 3. The summed E-state index contributed by atoms with van der Waals surface area (Å²) in [6.07, 6.45) is 13.9. The van der Waals surface area contributed by atoms with E-state index in [1.165, 1.54) is 87.3 Å². The first kappa shape index (κ1) is 46.3. The minimum absolute atomic E-state index is 0. The Bertz CT molecular complexity index is 1310. The predicted molar refractivity (Wildman–Crippen MR) is 210 cm³/mol. The third kappa shape index (κ3) is 11.7. The van der Waals surface area contributed by atoms with Crippen LogP contribution in [0.25, 0.3) is 0 Å². The Morgan fingerprint density at radius 2 is 0.854 bits per heavy atom. The SMILES string of the molecule is Cc1ccc2c(c1)CCNC2CCCCC(CCC1NCCc2cc(C)ccc21)CCC1NCCc2cc(C)ccc21.Cl.Cl.Cl.O.O.O. The van der Waals surface area contributed by atoms with Crippen molar-refractivity contribution in [1.82, 2.24) is 16.0 Å². The van der Waals surface area contributed by atoms with Gasteiger partial charge in [-0.15, -0.1) is 37.2 Å². The van der Waals surface area contributed by atoms with Crippen molar-refractivity contribution in [1.29, 1.82) is 0 Å². The van der Waals surface area contributed by atoms with Gasteiger partial charge in [0.1, 0.15) is 0 Å². The van der Waals surface area contributed by atoms with Crippen molar-refractivity contribution in [3.05, 3.63) is 105 Å². The van der Waals surface area contributed by atoms with Crippen LogP contribution in [0.4, 0.5) is 0 Å². The summed E-state index contributed by atoms with van der Waals surface area (Å²) in [6, 6.07) is 22.9. The molecule has 3 atom stereocenters. The molecule has 0 saturated heterocycles. The van der Waals surface area contributed by atoms with Crippen LogP contribution in [0.1, 0.15) is 120 Å². The molecule has 3 unspecified atom stereocenters. The Morgan fingerprint density at radius 3 is 1.23 bits per heavy atom. The van der Waals surface area contributed by atoms with E-state index in [0.717, 1.165) is 25.6 Å². The zero-order valence-electron chi connectivity index (χ0n) is 29.1. The van der Waals surface area contributed by atoms with E-state index in [2.05, 4.69) is 91.3 Å². The molecule has 0 radical (unpaired) electrons. The van der Waals surface area contributed by atoms with Crippen LogP contribution in [0.5, 0.6) is 0 Å². The van der Waals surface area contributed by atoms with Gasteiger partial charge in [0, 0.05) is 18.1 Å². The van der Waals surface area contributed by atoms with Crippen molar-refractivity contribution >= 4 is 37.2 Å². The standard InChI is InChI=1S/C39H53N3.3ClH.3H2O/c1-27-8-13-34-31(24-27)18-21-40-37(34)7-5-4-6-30(11-16-38-35-14-9-28(2)25-32(35)19-22-41-38)12-17-39-36-15-10-29(3)26-33(36)20-23-42-39;;;;;;/h8-10,13-15,24-26,30,37-42H,4-7,11-12,16-23H2,1-3H3;3*1H;3*1H2. The van der Waals surface area contributed by atoms with Gasteiger partial charge in [-0.3, -0.25) is 0 Å². The Labute approximate surface area is 308 Å². The Balaban J connectivity index is 0.00000368. The molecule has 9 heteroatoms. The average Bonchev–Trinajstić information content (AvgIpc) is 2.99. The lowest BCUT2D eigenvalue weighted by Crippen LogP contribution is -2.31. The molecule has 0 aliphatic carbocycles. The summed E-state index contributed by atoms with van der Waals surface area (Å²) in [4.78, 5) is 0. The summed E-state index contributed by atoms with van der Waals surface area (Å²) in [5.41, 5.74) is 13.6. The van der Waals surface area contributed by atoms with Gasteiger partial charge in [0.25, 0.3) is 0 Å². The normalized spacial score (nSPS) is 19.4. The molecule has 0 fully saturated rings. The molecule has 0 aromatic heterocycles. The number of benzene rings is 3. The number of hydrogen-bond donors (Lipinski definition) is 3. The molecule has 9 N–H and O–H groups in total. The van der Waals surface area contributed by atoms with Crippen molar-refractivity contribution in [3.63, 3.8) is 0 Å². The second kappa shape index (κ2) is 22.2. The summed E-state index contributed by atoms with van der Waals surface area (Å²) >= 11 is 0. The highest BCUT2D eigenvalue weighted by atomic mass is 35.5. The fourth-order valence-electron chi connectivity index (χ4n) is 8.14. The van der Waals surface area contributed by atoms with Gasteiger partial charge in [-0.1, -0.05) is 90.6 Å². The molecule has 272 valence electrons. The first-order valence-corrected chi connectivity index (χ1v) is 17.0. The summed E-state index contributed by atoms with van der Waals surface area (Å²) in [6.45, 7) is 10.0. The van der Waals surface area contributed by atoms with Gasteiger partial charge in [-0.25, -0.2) is 0 Å². The number of nitrogens with one attached hydrogen (secondary N) is 3. The van der Waals surface area contributed by atoms with Gasteiger partial charge in [0.2, 0.25) is 0 Å². The zero-order chi connectivity index (χ0) is 28.9. The van der Waals surface area contributed by atoms with Gasteiger partial charge in [-0.2, -0.15) is 0 Å². The first-order chi connectivity index (χ1) is 20.5. The summed E-state index contributed by atoms with van der Waals surface area (Å²) in [7, 11) is 0. The van der Waals surface area contributed by atoms with Crippen LogP contribution >= 0.6 is 37.2 Å². The lowest BCUT2D eigenvalue weighted by Gasteiger charge is -2.31. The molecule has 3 aliphatic heterocycles. The van der Waals surface area contributed by atoms with Gasteiger partial charge in [-0.05, 0) is 131 Å². The topological polar surface area (TPSA) is 131 Å². The number of hydrogen-bond acceptors (Lipinski definition) is 3. The quantitative estimate of drug-likeness (QED) is 0.182. The largest absolute Gasteiger partial charge is 0.412 e. The number of rotatable bonds is 11. The Hall–Kier alpha value is -1.71. The molecular weight excluding hydrogens is 665 g/mol. The maximum atomic E-state index is 3.88. The molecule has 3 aliphatic rings. The van der Waals surface area contributed by atoms with Crippen LogP contribution in [-0.2, 0) is 19.3 Å². The predicted octanol–water partition coefficient (Wildman–Crippen LogP) is 7.10. The van der Waals surface area contributed by atoms with Gasteiger partial charge < -0.3 is 32.4 Å². The van der Waals surface area contributed by atoms with Gasteiger partial charge in [0.15, 0.2) is 0 Å². The van der Waals surface area contributed by atoms with E-state index in [9.17, 15) is 0 Å². The van der Waals surface area contributed by atoms with E-state index in [-0.39, 0.29) is 53.6 Å². The molecule has 48 heavy (non-hydrogen) atoms. The maximum absolute atomic E-state index is 3.88. The number of aryl methyl sites for hydroxylation is 3. The fourth-order valence-corrected chi connectivity index (χ4v) is 8.14. The molecule has 3 heterocycles. The van der Waals surface area contributed by atoms with Crippen LogP contribution in [0.3, 0.4) is 0 Å². The van der Waals surface area contributed by atoms with E-state index < -0.39 is 0 Å². The first-order valence-electron chi connectivity index (χ1n) is 17.0. The van der Waals surface area contributed by atoms with E-state index in [1.807, 2.05) is 0 Å². The lowest BCUT2D eigenvalue weighted by atomic mass is 9.83. The van der Waals surface area contributed by atoms with Crippen molar-refractivity contribution < 1.29 is 16.4 Å². The summed E-state index contributed by atoms with van der Waals surface area (Å²) in [5.74, 6) is 0.787. The van der Waals surface area contributed by atoms with Crippen molar-refractivity contribution in [2.45, 2.75) is 110 Å². The second-order valence-electron chi connectivity index (χ2n) is 13.7. The zero-order valence-corrected chi connectivity index (χ0v) is 31.6. The molecular formula is C39H62Cl3N3O3. The molecule has 3 aromatic rings. The van der Waals surface area contributed by atoms with E-state index >= 15 is 0 Å². The number of halogens is 3. The molecule has 3 aromatic carbocycles.